The molecule has 0 unspecified atom stereocenters. The Bertz CT molecular complexity index is 539. The fourth-order valence-corrected chi connectivity index (χ4v) is 3.15. The van der Waals surface area contributed by atoms with E-state index >= 15 is 0 Å². The van der Waals surface area contributed by atoms with Crippen molar-refractivity contribution >= 4 is 0 Å². The first kappa shape index (κ1) is 15.8. The number of hydrogen-bond donors (Lipinski definition) is 0. The summed E-state index contributed by atoms with van der Waals surface area (Å²) in [6.45, 7) is 8.94. The van der Waals surface area contributed by atoms with E-state index in [1.165, 1.54) is 33.4 Å². The lowest BCUT2D eigenvalue weighted by atomic mass is 9.89. The van der Waals surface area contributed by atoms with E-state index in [4.69, 9.17) is 0 Å². The van der Waals surface area contributed by atoms with Crippen LogP contribution in [0.4, 0.5) is 0 Å². The Kier molecular flexibility index (Phi) is 5.61. The molecule has 0 bridgehead atoms. The van der Waals surface area contributed by atoms with Gasteiger partial charge in [0.05, 0.1) is 6.42 Å². The molecular weight excluding hydrogens is 252 g/mol. The topological polar surface area (TPSA) is 0 Å². The lowest BCUT2D eigenvalue weighted by Crippen LogP contribution is -2.02. The highest BCUT2D eigenvalue weighted by atomic mass is 14.1. The average molecular weight is 278 g/mol. The molecule has 0 atom stereocenters. The number of hydrogen-bond acceptors (Lipinski definition) is 0. The molecule has 0 saturated carbocycles. The van der Waals surface area contributed by atoms with Crippen molar-refractivity contribution in [2.45, 2.75) is 53.4 Å². The molecule has 2 aromatic carbocycles. The van der Waals surface area contributed by atoms with Gasteiger partial charge >= 0.3 is 0 Å². The molecule has 0 saturated heterocycles. The van der Waals surface area contributed by atoms with Crippen LogP contribution < -0.4 is 0 Å². The van der Waals surface area contributed by atoms with Gasteiger partial charge in [0.15, 0.2) is 0 Å². The maximum Gasteiger partial charge on any atom is 0.0507 e. The second-order valence-electron chi connectivity index (χ2n) is 5.43. The van der Waals surface area contributed by atoms with E-state index < -0.39 is 0 Å². The van der Waals surface area contributed by atoms with Crippen LogP contribution in [0.5, 0.6) is 0 Å². The van der Waals surface area contributed by atoms with Crippen LogP contribution in [0, 0.1) is 6.42 Å². The molecule has 0 amide bonds. The summed E-state index contributed by atoms with van der Waals surface area (Å²) in [7, 11) is 0. The molecule has 0 aliphatic rings. The van der Waals surface area contributed by atoms with Crippen molar-refractivity contribution in [3.63, 3.8) is 0 Å². The van der Waals surface area contributed by atoms with Gasteiger partial charge in [0, 0.05) is 0 Å². The summed E-state index contributed by atoms with van der Waals surface area (Å²) in [5.74, 6) is 0. The van der Waals surface area contributed by atoms with E-state index in [1.54, 1.807) is 0 Å². The molecule has 2 radical (unpaired) electrons. The highest BCUT2D eigenvalue weighted by Gasteiger charge is 2.11. The monoisotopic (exact) mass is 278 g/mol. The van der Waals surface area contributed by atoms with Gasteiger partial charge in [-0.2, -0.15) is 0 Å². The Balaban J connectivity index is 2.43. The van der Waals surface area contributed by atoms with Gasteiger partial charge in [-0.25, -0.2) is 0 Å². The van der Waals surface area contributed by atoms with Crippen LogP contribution in [0.15, 0.2) is 36.4 Å². The lowest BCUT2D eigenvalue weighted by Gasteiger charge is -2.15. The van der Waals surface area contributed by atoms with Gasteiger partial charge in [-0.3, -0.25) is 0 Å². The van der Waals surface area contributed by atoms with Crippen LogP contribution in [0.1, 0.15) is 61.1 Å². The van der Waals surface area contributed by atoms with Crippen molar-refractivity contribution in [3.05, 3.63) is 76.2 Å². The first-order valence-electron chi connectivity index (χ1n) is 8.23. The number of aryl methyl sites for hydroxylation is 2. The highest BCUT2D eigenvalue weighted by molar-refractivity contribution is 5.50. The van der Waals surface area contributed by atoms with Crippen LogP contribution in [0.25, 0.3) is 0 Å². The zero-order valence-electron chi connectivity index (χ0n) is 13.8. The van der Waals surface area contributed by atoms with Crippen molar-refractivity contribution < 1.29 is 0 Å². The first-order chi connectivity index (χ1) is 10.2. The van der Waals surface area contributed by atoms with Crippen molar-refractivity contribution in [2.24, 2.45) is 0 Å². The Labute approximate surface area is 130 Å². The van der Waals surface area contributed by atoms with Crippen molar-refractivity contribution in [1.29, 1.82) is 0 Å². The summed E-state index contributed by atoms with van der Waals surface area (Å²) in [5, 5.41) is 0. The van der Waals surface area contributed by atoms with Crippen molar-refractivity contribution in [1.82, 2.24) is 0 Å². The number of benzene rings is 2. The molecule has 110 valence electrons. The lowest BCUT2D eigenvalue weighted by molar-refractivity contribution is 1.01. The van der Waals surface area contributed by atoms with Gasteiger partial charge in [0.2, 0.25) is 0 Å². The second-order valence-corrected chi connectivity index (χ2v) is 5.43. The molecule has 2 aromatic rings. The molecule has 0 aliphatic carbocycles. The van der Waals surface area contributed by atoms with Gasteiger partial charge in [-0.15, -0.1) is 0 Å². The summed E-state index contributed by atoms with van der Waals surface area (Å²) < 4.78 is 0. The minimum atomic E-state index is 1.07. The van der Waals surface area contributed by atoms with Crippen LogP contribution in [0.3, 0.4) is 0 Å². The summed E-state index contributed by atoms with van der Waals surface area (Å²) >= 11 is 0. The second kappa shape index (κ2) is 7.45. The van der Waals surface area contributed by atoms with Crippen LogP contribution in [-0.2, 0) is 25.7 Å². The molecule has 2 rings (SSSR count). The fraction of sp³-hybridized carbons (Fsp3) is 0.381. The van der Waals surface area contributed by atoms with Gasteiger partial charge in [0.1, 0.15) is 0 Å². The molecule has 0 aliphatic heterocycles. The molecule has 0 heteroatoms. The minimum absolute atomic E-state index is 1.07. The van der Waals surface area contributed by atoms with E-state index in [0.29, 0.717) is 0 Å². The van der Waals surface area contributed by atoms with Crippen molar-refractivity contribution in [2.75, 3.05) is 0 Å². The fourth-order valence-electron chi connectivity index (χ4n) is 3.15. The summed E-state index contributed by atoms with van der Waals surface area (Å²) in [5.41, 5.74) is 8.33. The quantitative estimate of drug-likeness (QED) is 0.662. The molecule has 0 nitrogen and oxygen atoms in total. The average Bonchev–Trinajstić information content (AvgIpc) is 2.54. The van der Waals surface area contributed by atoms with Crippen LogP contribution in [0.2, 0.25) is 0 Å². The van der Waals surface area contributed by atoms with Crippen molar-refractivity contribution in [3.8, 4) is 0 Å². The molecule has 21 heavy (non-hydrogen) atoms. The Hall–Kier alpha value is -1.56. The van der Waals surface area contributed by atoms with E-state index in [0.717, 1.165) is 25.7 Å². The molecular formula is C21H26. The summed E-state index contributed by atoms with van der Waals surface area (Å²) in [6, 6.07) is 13.2. The Morgan fingerprint density at radius 2 is 1.05 bits per heavy atom. The first-order valence-corrected chi connectivity index (χ1v) is 8.23. The maximum absolute atomic E-state index is 3.69. The Morgan fingerprint density at radius 3 is 1.38 bits per heavy atom. The van der Waals surface area contributed by atoms with Gasteiger partial charge < -0.3 is 0 Å². The molecule has 0 N–H and O–H groups in total. The third-order valence-corrected chi connectivity index (χ3v) is 4.28. The molecule has 0 fully saturated rings. The molecule has 0 aromatic heterocycles. The number of rotatable bonds is 6. The highest BCUT2D eigenvalue weighted by Crippen LogP contribution is 2.25. The summed E-state index contributed by atoms with van der Waals surface area (Å²) in [6.07, 6.45) is 8.02. The summed E-state index contributed by atoms with van der Waals surface area (Å²) in [4.78, 5) is 0. The molecule has 0 heterocycles. The Morgan fingerprint density at radius 1 is 0.619 bits per heavy atom. The third-order valence-electron chi connectivity index (χ3n) is 4.28. The van der Waals surface area contributed by atoms with E-state index in [-0.39, 0.29) is 0 Å². The SMILES string of the molecule is CCc1cccc([C]c2cccc(CC)c2CC)c1CC. The minimum Gasteiger partial charge on any atom is -0.0617 e. The normalized spacial score (nSPS) is 10.9. The van der Waals surface area contributed by atoms with E-state index in [1.807, 2.05) is 0 Å². The zero-order chi connectivity index (χ0) is 15.2. The smallest absolute Gasteiger partial charge is 0.0507 e. The van der Waals surface area contributed by atoms with Gasteiger partial charge in [-0.05, 0) is 59.1 Å². The predicted octanol–water partition coefficient (Wildman–Crippen LogP) is 5.41. The third kappa shape index (κ3) is 3.37. The van der Waals surface area contributed by atoms with E-state index in [9.17, 15) is 0 Å². The van der Waals surface area contributed by atoms with Crippen LogP contribution >= 0.6 is 0 Å². The van der Waals surface area contributed by atoms with E-state index in [2.05, 4.69) is 70.5 Å². The standard InChI is InChI=1S/C21H26/c1-5-16-11-9-13-18(20(16)7-3)15-19-14-10-12-17(6-2)21(19)8-4/h9-14H,5-8H2,1-4H3. The van der Waals surface area contributed by atoms with Crippen LogP contribution in [-0.4, -0.2) is 0 Å². The molecule has 0 spiro atoms. The van der Waals surface area contributed by atoms with Gasteiger partial charge in [0.25, 0.3) is 0 Å². The zero-order valence-corrected chi connectivity index (χ0v) is 13.8. The largest absolute Gasteiger partial charge is 0.0617 e. The maximum atomic E-state index is 3.69. The predicted molar refractivity (Wildman–Crippen MR) is 91.8 cm³/mol. The van der Waals surface area contributed by atoms with Gasteiger partial charge in [-0.1, -0.05) is 64.1 Å².